The topological polar surface area (TPSA) is 194 Å². The second kappa shape index (κ2) is 24.6. The molecule has 67 heavy (non-hydrogen) atoms. The summed E-state index contributed by atoms with van der Waals surface area (Å²) in [5.41, 5.74) is 2.11. The minimum atomic E-state index is -2.53. The van der Waals surface area contributed by atoms with E-state index in [4.69, 9.17) is 33.2 Å². The molecule has 1 saturated carbocycles. The van der Waals surface area contributed by atoms with E-state index in [2.05, 4.69) is 0 Å². The third-order valence-electron chi connectivity index (χ3n) is 14.7. The number of amides is 1. The molecule has 374 valence electrons. The number of cyclic esters (lactones) is 1. The number of nitrogens with zero attached hydrogens (tertiary/aromatic N) is 1. The largest absolute Gasteiger partial charge is 0.497 e. The molecule has 1 aromatic rings. The van der Waals surface area contributed by atoms with Gasteiger partial charge in [0.25, 0.3) is 11.7 Å². The molecule has 14 atom stereocenters. The van der Waals surface area contributed by atoms with Crippen molar-refractivity contribution in [3.8, 4) is 5.75 Å². The van der Waals surface area contributed by atoms with Crippen LogP contribution in [0.1, 0.15) is 123 Å². The number of piperidine rings is 1. The quantitative estimate of drug-likeness (QED) is 0.107. The Kier molecular flexibility index (Phi) is 19.9. The van der Waals surface area contributed by atoms with Crippen LogP contribution in [-0.4, -0.2) is 140 Å². The predicted molar refractivity (Wildman–Crippen MR) is 249 cm³/mol. The van der Waals surface area contributed by atoms with Crippen molar-refractivity contribution in [2.45, 2.75) is 167 Å². The van der Waals surface area contributed by atoms with Gasteiger partial charge in [0.05, 0.1) is 37.6 Å². The first-order valence-electron chi connectivity index (χ1n) is 24.3. The molecule has 3 heterocycles. The van der Waals surface area contributed by atoms with Gasteiger partial charge in [-0.05, 0) is 108 Å². The molecule has 0 radical (unpaired) electrons. The summed E-state index contributed by atoms with van der Waals surface area (Å²) >= 11 is 0. The number of rotatable bonds is 11. The van der Waals surface area contributed by atoms with E-state index in [1.165, 1.54) is 19.1 Å². The molecule has 2 N–H and O–H groups in total. The molecular weight excluding hydrogens is 863 g/mol. The van der Waals surface area contributed by atoms with Gasteiger partial charge in [-0.3, -0.25) is 19.2 Å². The number of hydrogen-bond acceptors (Lipinski definition) is 14. The zero-order valence-electron chi connectivity index (χ0n) is 41.4. The molecule has 3 fully saturated rings. The van der Waals surface area contributed by atoms with Crippen LogP contribution in [0.25, 0.3) is 0 Å². The van der Waals surface area contributed by atoms with Crippen LogP contribution < -0.4 is 4.74 Å². The third kappa shape index (κ3) is 13.3. The van der Waals surface area contributed by atoms with E-state index >= 15 is 0 Å². The fraction of sp³-hybridized carbons (Fsp3) is 0.712. The van der Waals surface area contributed by atoms with Gasteiger partial charge in [-0.25, -0.2) is 4.79 Å². The molecule has 0 spiro atoms. The summed E-state index contributed by atoms with van der Waals surface area (Å²) in [6.07, 6.45) is 3.69. The van der Waals surface area contributed by atoms with Crippen LogP contribution in [0.2, 0.25) is 0 Å². The number of carbonyl (C=O) groups is 5. The molecule has 15 heteroatoms. The molecule has 1 amide bonds. The smallest absolute Gasteiger partial charge is 0.329 e. The Morgan fingerprint density at radius 1 is 0.910 bits per heavy atom. The molecule has 0 aromatic heterocycles. The highest BCUT2D eigenvalue weighted by molar-refractivity contribution is 6.39. The van der Waals surface area contributed by atoms with Crippen molar-refractivity contribution in [1.82, 2.24) is 4.90 Å². The van der Waals surface area contributed by atoms with Gasteiger partial charge >= 0.3 is 5.97 Å². The molecule has 1 aromatic carbocycles. The number of aliphatic hydroxyl groups is 2. The summed E-state index contributed by atoms with van der Waals surface area (Å²) in [7, 11) is 6.20. The number of methoxy groups -OCH3 is 4. The first kappa shape index (κ1) is 54.1. The Morgan fingerprint density at radius 3 is 2.28 bits per heavy atom. The van der Waals surface area contributed by atoms with Gasteiger partial charge in [-0.2, -0.15) is 0 Å². The van der Waals surface area contributed by atoms with Crippen LogP contribution in [0.4, 0.5) is 0 Å². The third-order valence-corrected chi connectivity index (χ3v) is 14.7. The van der Waals surface area contributed by atoms with Crippen LogP contribution in [-0.2, 0) is 47.6 Å². The normalized spacial score (nSPS) is 35.8. The number of Topliss-reactive ketones (excluding diaryl/α,β-unsaturated/α-hetero) is 3. The lowest BCUT2D eigenvalue weighted by Crippen LogP contribution is -2.64. The van der Waals surface area contributed by atoms with Crippen LogP contribution in [0.3, 0.4) is 0 Å². The Hall–Kier alpha value is -3.83. The van der Waals surface area contributed by atoms with E-state index in [1.54, 1.807) is 52.3 Å². The van der Waals surface area contributed by atoms with E-state index in [1.807, 2.05) is 39.8 Å². The van der Waals surface area contributed by atoms with Crippen LogP contribution in [0, 0.1) is 29.6 Å². The second-order valence-corrected chi connectivity index (χ2v) is 19.6. The SMILES string of the molecule is CCC1C=C(C)CC(C)CC(OC)C2OC(O)(C(=O)C(=O)N3CCCCC3C(=O)OC(C(C)=CC3CCC(OCC(=O)c4cccc(OC)c4)C(OC)C3)C(C)C(O)CC1=O)C(C)CC2OC. The van der Waals surface area contributed by atoms with Gasteiger partial charge in [-0.1, -0.05) is 57.6 Å². The fourth-order valence-electron chi connectivity index (χ4n) is 10.6. The van der Waals surface area contributed by atoms with Crippen molar-refractivity contribution in [2.75, 3.05) is 41.6 Å². The van der Waals surface area contributed by atoms with Gasteiger partial charge in [0, 0.05) is 57.6 Å². The number of esters is 1. The number of ketones is 3. The van der Waals surface area contributed by atoms with E-state index in [9.17, 15) is 34.2 Å². The number of carbonyl (C=O) groups excluding carboxylic acids is 5. The highest BCUT2D eigenvalue weighted by Gasteiger charge is 2.56. The molecular formula is C52H77NO14. The Balaban J connectivity index is 1.44. The molecule has 5 rings (SSSR count). The number of allylic oxidation sites excluding steroid dienone is 3. The van der Waals surface area contributed by atoms with Crippen molar-refractivity contribution in [3.63, 3.8) is 0 Å². The van der Waals surface area contributed by atoms with E-state index < -0.39 is 77.8 Å². The summed E-state index contributed by atoms with van der Waals surface area (Å²) in [6.45, 7) is 11.1. The lowest BCUT2D eigenvalue weighted by molar-refractivity contribution is -0.302. The molecule has 2 saturated heterocycles. The monoisotopic (exact) mass is 940 g/mol. The molecule has 3 aliphatic heterocycles. The standard InChI is InChI=1S/C52H77NO14/c1-11-36-22-30(2)21-31(3)23-45(63-9)48-46(64-10)25-33(5)52(60,67-48)49(57)50(58)53-20-13-12-17-39(53)51(59)66-47(34(6)40(54)28-41(36)55)32(4)24-35-18-19-43(44(26-35)62-8)65-29-42(56)37-15-14-16-38(27-37)61-7/h14-16,22,24,27,31,33-36,39-40,43-48,54,60H,11-13,17-21,23,25-26,28-29H2,1-10H3. The Morgan fingerprint density at radius 2 is 1.61 bits per heavy atom. The summed E-state index contributed by atoms with van der Waals surface area (Å²) in [4.78, 5) is 71.4. The van der Waals surface area contributed by atoms with Gasteiger partial charge in [-0.15, -0.1) is 0 Å². The minimum absolute atomic E-state index is 0.0165. The predicted octanol–water partition coefficient (Wildman–Crippen LogP) is 6.39. The maximum atomic E-state index is 14.5. The summed E-state index contributed by atoms with van der Waals surface area (Å²) in [6, 6.07) is 5.75. The lowest BCUT2D eigenvalue weighted by Gasteiger charge is -2.47. The summed E-state index contributed by atoms with van der Waals surface area (Å²) in [5, 5.41) is 24.0. The first-order valence-corrected chi connectivity index (χ1v) is 24.3. The van der Waals surface area contributed by atoms with E-state index in [0.717, 1.165) is 5.57 Å². The van der Waals surface area contributed by atoms with Crippen molar-refractivity contribution in [1.29, 1.82) is 0 Å². The number of fused-ring (bicyclic) bond motifs is 3. The molecule has 14 unspecified atom stereocenters. The van der Waals surface area contributed by atoms with Gasteiger partial charge in [0.15, 0.2) is 5.78 Å². The lowest BCUT2D eigenvalue weighted by atomic mass is 9.81. The number of ether oxygens (including phenoxy) is 7. The molecule has 4 aliphatic rings. The average molecular weight is 940 g/mol. The van der Waals surface area contributed by atoms with E-state index in [0.29, 0.717) is 68.3 Å². The zero-order valence-corrected chi connectivity index (χ0v) is 41.4. The number of hydrogen-bond donors (Lipinski definition) is 2. The van der Waals surface area contributed by atoms with Crippen LogP contribution >= 0.6 is 0 Å². The zero-order chi connectivity index (χ0) is 49.2. The highest BCUT2D eigenvalue weighted by Crippen LogP contribution is 2.39. The highest BCUT2D eigenvalue weighted by atomic mass is 16.7. The van der Waals surface area contributed by atoms with Gasteiger partial charge in [0.2, 0.25) is 5.79 Å². The Bertz CT molecular complexity index is 1930. The van der Waals surface area contributed by atoms with Gasteiger partial charge < -0.3 is 48.3 Å². The van der Waals surface area contributed by atoms with Gasteiger partial charge in [0.1, 0.15) is 36.4 Å². The van der Waals surface area contributed by atoms with Crippen LogP contribution in [0.5, 0.6) is 5.75 Å². The summed E-state index contributed by atoms with van der Waals surface area (Å²) < 4.78 is 41.7. The fourth-order valence-corrected chi connectivity index (χ4v) is 10.6. The number of aliphatic hydroxyl groups excluding tert-OH is 1. The van der Waals surface area contributed by atoms with Crippen molar-refractivity contribution < 1.29 is 67.3 Å². The maximum absolute atomic E-state index is 14.5. The second-order valence-electron chi connectivity index (χ2n) is 19.6. The maximum Gasteiger partial charge on any atom is 0.329 e. The van der Waals surface area contributed by atoms with Crippen molar-refractivity contribution in [2.24, 2.45) is 29.6 Å². The first-order chi connectivity index (χ1) is 31.9. The average Bonchev–Trinajstić information content (AvgIpc) is 3.32. The van der Waals surface area contributed by atoms with Crippen molar-refractivity contribution >= 4 is 29.2 Å². The van der Waals surface area contributed by atoms with Crippen molar-refractivity contribution in [3.05, 3.63) is 53.1 Å². The Labute approximate surface area is 397 Å². The molecule has 15 nitrogen and oxygen atoms in total. The molecule has 1 aliphatic carbocycles. The number of benzene rings is 1. The summed E-state index contributed by atoms with van der Waals surface area (Å²) in [5.74, 6) is -7.36. The van der Waals surface area contributed by atoms with Crippen LogP contribution in [0.15, 0.2) is 47.6 Å². The minimum Gasteiger partial charge on any atom is -0.497 e. The van der Waals surface area contributed by atoms with E-state index in [-0.39, 0.29) is 68.0 Å². The molecule has 2 bridgehead atoms.